The largest absolute Gasteiger partial charge is 0.457 e. The molecule has 1 saturated carbocycles. The van der Waals surface area contributed by atoms with Crippen LogP contribution in [0.2, 0.25) is 0 Å². The van der Waals surface area contributed by atoms with Gasteiger partial charge in [-0.2, -0.15) is 0 Å². The number of para-hydroxylation sites is 1. The van der Waals surface area contributed by atoms with Crippen LogP contribution >= 0.6 is 11.3 Å². The smallest absolute Gasteiger partial charge is 0.220 e. The Labute approximate surface area is 151 Å². The highest BCUT2D eigenvalue weighted by atomic mass is 32.1. The zero-order chi connectivity index (χ0) is 17.1. The molecule has 0 spiro atoms. The maximum absolute atomic E-state index is 12.0. The number of carbonyl (C=O) groups excluding carboxylic acids is 1. The van der Waals surface area contributed by atoms with Crippen LogP contribution in [0.1, 0.15) is 44.3 Å². The van der Waals surface area contributed by atoms with Gasteiger partial charge in [-0.15, -0.1) is 11.3 Å². The number of nitrogens with one attached hydrogen (secondary N) is 1. The third-order valence-electron chi connectivity index (χ3n) is 4.88. The summed E-state index contributed by atoms with van der Waals surface area (Å²) in [5.41, 5.74) is 0.987. The van der Waals surface area contributed by atoms with Crippen LogP contribution in [0.15, 0.2) is 40.8 Å². The monoisotopic (exact) mass is 354 g/mol. The number of fused-ring (bicyclic) bond motifs is 1. The Morgan fingerprint density at radius 1 is 1.20 bits per heavy atom. The van der Waals surface area contributed by atoms with Gasteiger partial charge in [-0.25, -0.2) is 4.98 Å². The third kappa shape index (κ3) is 3.93. The number of thiazole rings is 1. The standard InChI is InChI=1S/C20H22N2O2S/c23-19(12-9-14-5-1-2-6-14)21-13-15-10-11-17(24-15)20-22-16-7-3-4-8-18(16)25-20/h3-4,7-8,10-11,14H,1-2,5-6,9,12-13H2,(H,21,23). The first kappa shape index (κ1) is 16.3. The molecule has 4 rings (SSSR count). The molecule has 5 heteroatoms. The van der Waals surface area contributed by atoms with Gasteiger partial charge in [0.2, 0.25) is 5.91 Å². The zero-order valence-electron chi connectivity index (χ0n) is 14.2. The van der Waals surface area contributed by atoms with E-state index in [0.717, 1.165) is 39.1 Å². The average Bonchev–Trinajstić information content (AvgIpc) is 3.38. The van der Waals surface area contributed by atoms with E-state index in [0.29, 0.717) is 13.0 Å². The topological polar surface area (TPSA) is 55.1 Å². The van der Waals surface area contributed by atoms with Crippen molar-refractivity contribution >= 4 is 27.5 Å². The summed E-state index contributed by atoms with van der Waals surface area (Å²) in [7, 11) is 0. The van der Waals surface area contributed by atoms with E-state index in [-0.39, 0.29) is 5.91 Å². The van der Waals surface area contributed by atoms with Crippen LogP contribution in [0, 0.1) is 5.92 Å². The van der Waals surface area contributed by atoms with Gasteiger partial charge >= 0.3 is 0 Å². The van der Waals surface area contributed by atoms with Crippen molar-refractivity contribution in [1.82, 2.24) is 10.3 Å². The molecular weight excluding hydrogens is 332 g/mol. The molecule has 0 bridgehead atoms. The summed E-state index contributed by atoms with van der Waals surface area (Å²) in [6.07, 6.45) is 6.87. The molecule has 1 aromatic carbocycles. The highest BCUT2D eigenvalue weighted by Gasteiger charge is 2.16. The van der Waals surface area contributed by atoms with Crippen molar-refractivity contribution in [2.24, 2.45) is 5.92 Å². The quantitative estimate of drug-likeness (QED) is 0.666. The summed E-state index contributed by atoms with van der Waals surface area (Å²) in [4.78, 5) is 16.6. The van der Waals surface area contributed by atoms with Crippen LogP contribution in [-0.2, 0) is 11.3 Å². The van der Waals surface area contributed by atoms with Crippen molar-refractivity contribution in [2.45, 2.75) is 45.1 Å². The van der Waals surface area contributed by atoms with Crippen LogP contribution < -0.4 is 5.32 Å². The fourth-order valence-corrected chi connectivity index (χ4v) is 4.40. The summed E-state index contributed by atoms with van der Waals surface area (Å²) in [5, 5.41) is 3.84. The summed E-state index contributed by atoms with van der Waals surface area (Å²) < 4.78 is 7.01. The van der Waals surface area contributed by atoms with Gasteiger partial charge in [-0.1, -0.05) is 37.8 Å². The lowest BCUT2D eigenvalue weighted by atomic mass is 10.0. The Balaban J connectivity index is 1.32. The van der Waals surface area contributed by atoms with E-state index in [1.165, 1.54) is 25.7 Å². The SMILES string of the molecule is O=C(CCC1CCCC1)NCc1ccc(-c2nc3ccccc3s2)o1. The first-order chi connectivity index (χ1) is 12.3. The molecule has 0 radical (unpaired) electrons. The van der Waals surface area contributed by atoms with Crippen molar-refractivity contribution < 1.29 is 9.21 Å². The van der Waals surface area contributed by atoms with Crippen LogP contribution in [0.25, 0.3) is 21.0 Å². The second kappa shape index (κ2) is 7.40. The molecule has 1 amide bonds. The molecule has 4 nitrogen and oxygen atoms in total. The Kier molecular flexibility index (Phi) is 4.83. The Hall–Kier alpha value is -2.14. The molecule has 3 aromatic rings. The highest BCUT2D eigenvalue weighted by Crippen LogP contribution is 2.31. The van der Waals surface area contributed by atoms with Crippen molar-refractivity contribution in [3.8, 4) is 10.8 Å². The minimum Gasteiger partial charge on any atom is -0.457 e. The van der Waals surface area contributed by atoms with Crippen LogP contribution in [0.4, 0.5) is 0 Å². The summed E-state index contributed by atoms with van der Waals surface area (Å²) >= 11 is 1.62. The molecule has 0 unspecified atom stereocenters. The van der Waals surface area contributed by atoms with E-state index in [9.17, 15) is 4.79 Å². The second-order valence-electron chi connectivity index (χ2n) is 6.72. The number of amides is 1. The first-order valence-electron chi connectivity index (χ1n) is 8.99. The lowest BCUT2D eigenvalue weighted by Gasteiger charge is -2.08. The van der Waals surface area contributed by atoms with Crippen LogP contribution in [0.3, 0.4) is 0 Å². The molecule has 0 atom stereocenters. The maximum Gasteiger partial charge on any atom is 0.220 e. The molecule has 130 valence electrons. The van der Waals surface area contributed by atoms with Gasteiger partial charge in [-0.05, 0) is 36.6 Å². The number of hydrogen-bond acceptors (Lipinski definition) is 4. The van der Waals surface area contributed by atoms with E-state index >= 15 is 0 Å². The van der Waals surface area contributed by atoms with Crippen molar-refractivity contribution in [3.05, 3.63) is 42.2 Å². The van der Waals surface area contributed by atoms with Crippen LogP contribution in [-0.4, -0.2) is 10.9 Å². The average molecular weight is 354 g/mol. The fourth-order valence-electron chi connectivity index (χ4n) is 3.47. The lowest BCUT2D eigenvalue weighted by molar-refractivity contribution is -0.121. The van der Waals surface area contributed by atoms with Gasteiger partial charge in [0.1, 0.15) is 5.76 Å². The molecule has 2 aromatic heterocycles. The lowest BCUT2D eigenvalue weighted by Crippen LogP contribution is -2.22. The van der Waals surface area contributed by atoms with Crippen LogP contribution in [0.5, 0.6) is 0 Å². The molecule has 1 aliphatic rings. The van der Waals surface area contributed by atoms with Gasteiger partial charge in [0.25, 0.3) is 0 Å². The third-order valence-corrected chi connectivity index (χ3v) is 5.93. The number of carbonyl (C=O) groups is 1. The molecule has 1 aliphatic carbocycles. The second-order valence-corrected chi connectivity index (χ2v) is 7.75. The number of hydrogen-bond donors (Lipinski definition) is 1. The van der Waals surface area contributed by atoms with Gasteiger partial charge in [0, 0.05) is 6.42 Å². The maximum atomic E-state index is 12.0. The predicted molar refractivity (Wildman–Crippen MR) is 100 cm³/mol. The number of benzene rings is 1. The van der Waals surface area contributed by atoms with E-state index in [2.05, 4.69) is 16.4 Å². The summed E-state index contributed by atoms with van der Waals surface area (Å²) in [6.45, 7) is 0.439. The molecule has 0 aliphatic heterocycles. The molecule has 2 heterocycles. The molecule has 25 heavy (non-hydrogen) atoms. The molecule has 1 N–H and O–H groups in total. The van der Waals surface area contributed by atoms with Crippen molar-refractivity contribution in [3.63, 3.8) is 0 Å². The van der Waals surface area contributed by atoms with Crippen molar-refractivity contribution in [1.29, 1.82) is 0 Å². The Morgan fingerprint density at radius 3 is 2.88 bits per heavy atom. The van der Waals surface area contributed by atoms with E-state index < -0.39 is 0 Å². The van der Waals surface area contributed by atoms with Gasteiger partial charge in [0.05, 0.1) is 16.8 Å². The van der Waals surface area contributed by atoms with Gasteiger partial charge in [0.15, 0.2) is 10.8 Å². The highest BCUT2D eigenvalue weighted by molar-refractivity contribution is 7.21. The van der Waals surface area contributed by atoms with E-state index in [1.54, 1.807) is 11.3 Å². The number of furan rings is 1. The number of aromatic nitrogens is 1. The van der Waals surface area contributed by atoms with Crippen molar-refractivity contribution in [2.75, 3.05) is 0 Å². The molecule has 0 saturated heterocycles. The van der Waals surface area contributed by atoms with Gasteiger partial charge < -0.3 is 9.73 Å². The molecule has 1 fully saturated rings. The Morgan fingerprint density at radius 2 is 2.04 bits per heavy atom. The van der Waals surface area contributed by atoms with Gasteiger partial charge in [-0.3, -0.25) is 4.79 Å². The summed E-state index contributed by atoms with van der Waals surface area (Å²) in [6, 6.07) is 11.9. The Bertz CT molecular complexity index is 828. The van der Waals surface area contributed by atoms with E-state index in [1.807, 2.05) is 30.3 Å². The van der Waals surface area contributed by atoms with E-state index in [4.69, 9.17) is 4.42 Å². The minimum atomic E-state index is 0.116. The minimum absolute atomic E-state index is 0.116. The number of nitrogens with zero attached hydrogens (tertiary/aromatic N) is 1. The zero-order valence-corrected chi connectivity index (χ0v) is 15.0. The predicted octanol–water partition coefficient (Wildman–Crippen LogP) is 5.14. The summed E-state index contributed by atoms with van der Waals surface area (Å²) in [5.74, 6) is 2.39. The normalized spacial score (nSPS) is 15.0. The first-order valence-corrected chi connectivity index (χ1v) is 9.81. The fraction of sp³-hybridized carbons (Fsp3) is 0.400. The molecular formula is C20H22N2O2S. The number of rotatable bonds is 6.